The molecule has 1 heterocycles. The van der Waals surface area contributed by atoms with E-state index in [2.05, 4.69) is 19.2 Å². The zero-order valence-corrected chi connectivity index (χ0v) is 12.4. The first-order chi connectivity index (χ1) is 8.69. The van der Waals surface area contributed by atoms with E-state index in [0.29, 0.717) is 0 Å². The molecular weight excluding hydrogens is 238 g/mol. The van der Waals surface area contributed by atoms with Crippen LogP contribution in [0.4, 0.5) is 0 Å². The normalized spacial score (nSPS) is 21.2. The Hall–Kier alpha value is -1.51. The minimum Gasteiger partial charge on any atom is -0.487 e. The molecule has 0 bridgehead atoms. The minimum atomic E-state index is -0.378. The highest BCUT2D eigenvalue weighted by molar-refractivity contribution is 5.81. The van der Waals surface area contributed by atoms with Crippen LogP contribution in [0.5, 0.6) is 5.75 Å². The Bertz CT molecular complexity index is 486. The molecule has 1 aromatic carbocycles. The van der Waals surface area contributed by atoms with E-state index in [9.17, 15) is 4.79 Å². The van der Waals surface area contributed by atoms with Crippen LogP contribution in [-0.2, 0) is 4.79 Å². The van der Waals surface area contributed by atoms with Crippen molar-refractivity contribution < 1.29 is 9.53 Å². The van der Waals surface area contributed by atoms with Crippen molar-refractivity contribution in [2.75, 3.05) is 0 Å². The highest BCUT2D eigenvalue weighted by Gasteiger charge is 2.35. The second-order valence-electron chi connectivity index (χ2n) is 6.88. The Morgan fingerprint density at radius 2 is 1.95 bits per heavy atom. The molecule has 0 aliphatic carbocycles. The van der Waals surface area contributed by atoms with Gasteiger partial charge in [-0.05, 0) is 19.9 Å². The Balaban J connectivity index is 2.28. The van der Waals surface area contributed by atoms with Crippen molar-refractivity contribution in [3.05, 3.63) is 29.8 Å². The number of carbonyl (C=O) groups excluding carboxylic acids is 1. The van der Waals surface area contributed by atoms with Crippen LogP contribution in [0.1, 0.15) is 52.6 Å². The van der Waals surface area contributed by atoms with Crippen molar-refractivity contribution in [1.82, 2.24) is 5.32 Å². The van der Waals surface area contributed by atoms with Gasteiger partial charge in [0.15, 0.2) is 0 Å². The van der Waals surface area contributed by atoms with Crippen LogP contribution in [0.25, 0.3) is 0 Å². The van der Waals surface area contributed by atoms with Gasteiger partial charge in [0.05, 0.1) is 6.04 Å². The maximum absolute atomic E-state index is 12.2. The van der Waals surface area contributed by atoms with E-state index >= 15 is 0 Å². The van der Waals surface area contributed by atoms with Crippen molar-refractivity contribution in [3.63, 3.8) is 0 Å². The Morgan fingerprint density at radius 1 is 1.32 bits per heavy atom. The minimum absolute atomic E-state index is 0.0201. The summed E-state index contributed by atoms with van der Waals surface area (Å²) < 4.78 is 5.97. The summed E-state index contributed by atoms with van der Waals surface area (Å²) in [7, 11) is 0. The number of para-hydroxylation sites is 1. The van der Waals surface area contributed by atoms with Crippen LogP contribution < -0.4 is 10.1 Å². The number of nitrogens with one attached hydrogen (secondary N) is 1. The van der Waals surface area contributed by atoms with Gasteiger partial charge in [-0.25, -0.2) is 0 Å². The molecule has 3 nitrogen and oxygen atoms in total. The van der Waals surface area contributed by atoms with Crippen molar-refractivity contribution in [2.24, 2.45) is 5.41 Å². The van der Waals surface area contributed by atoms with Gasteiger partial charge >= 0.3 is 0 Å². The fourth-order valence-corrected chi connectivity index (χ4v) is 2.31. The molecule has 1 aliphatic rings. The van der Waals surface area contributed by atoms with E-state index in [1.165, 1.54) is 0 Å². The first-order valence-corrected chi connectivity index (χ1v) is 6.78. The highest BCUT2D eigenvalue weighted by Crippen LogP contribution is 2.39. The molecule has 1 N–H and O–H groups in total. The zero-order chi connectivity index (χ0) is 14.3. The maximum Gasteiger partial charge on any atom is 0.225 e. The zero-order valence-electron chi connectivity index (χ0n) is 12.4. The second-order valence-corrected chi connectivity index (χ2v) is 6.88. The number of carbonyl (C=O) groups is 1. The number of ether oxygens (including phenoxy) is 1. The van der Waals surface area contributed by atoms with Crippen molar-refractivity contribution in [3.8, 4) is 5.75 Å². The Kier molecular flexibility index (Phi) is 3.33. The summed E-state index contributed by atoms with van der Waals surface area (Å²) in [5.74, 6) is 0.947. The van der Waals surface area contributed by atoms with E-state index in [-0.39, 0.29) is 23.0 Å². The largest absolute Gasteiger partial charge is 0.487 e. The van der Waals surface area contributed by atoms with Crippen LogP contribution in [-0.4, -0.2) is 11.5 Å². The maximum atomic E-state index is 12.2. The fourth-order valence-electron chi connectivity index (χ4n) is 2.31. The lowest BCUT2D eigenvalue weighted by Gasteiger charge is -2.38. The summed E-state index contributed by atoms with van der Waals surface area (Å²) in [6.07, 6.45) is 0.784. The summed E-state index contributed by atoms with van der Waals surface area (Å²) in [4.78, 5) is 12.2. The van der Waals surface area contributed by atoms with Crippen LogP contribution >= 0.6 is 0 Å². The van der Waals surface area contributed by atoms with Crippen molar-refractivity contribution >= 4 is 5.91 Å². The topological polar surface area (TPSA) is 38.3 Å². The van der Waals surface area contributed by atoms with Gasteiger partial charge in [-0.1, -0.05) is 39.0 Å². The number of hydrogen-bond donors (Lipinski definition) is 1. The van der Waals surface area contributed by atoms with Gasteiger partial charge in [0.2, 0.25) is 5.91 Å². The number of benzene rings is 1. The molecule has 0 aromatic heterocycles. The van der Waals surface area contributed by atoms with Crippen molar-refractivity contribution in [1.29, 1.82) is 0 Å². The molecular formula is C16H23NO2. The van der Waals surface area contributed by atoms with Gasteiger partial charge in [-0.2, -0.15) is 0 Å². The molecule has 1 aliphatic heterocycles. The lowest BCUT2D eigenvalue weighted by molar-refractivity contribution is -0.129. The standard InChI is InChI=1S/C16H23NO2/c1-15(2,3)14(18)17-12-10-16(4,5)19-13-9-7-6-8-11(12)13/h6-9,12H,10H2,1-5H3,(H,17,18)/t12-/m1/s1. The molecule has 0 spiro atoms. The van der Waals surface area contributed by atoms with Crippen LogP contribution in [0, 0.1) is 5.41 Å². The predicted octanol–water partition coefficient (Wildman–Crippen LogP) is 3.45. The third-order valence-electron chi connectivity index (χ3n) is 3.36. The third kappa shape index (κ3) is 3.09. The number of hydrogen-bond acceptors (Lipinski definition) is 2. The van der Waals surface area contributed by atoms with Crippen LogP contribution in [0.3, 0.4) is 0 Å². The van der Waals surface area contributed by atoms with Crippen molar-refractivity contribution in [2.45, 2.75) is 52.7 Å². The molecule has 1 atom stereocenters. The number of rotatable bonds is 1. The average Bonchev–Trinajstić information content (AvgIpc) is 2.26. The van der Waals surface area contributed by atoms with E-state index in [0.717, 1.165) is 17.7 Å². The van der Waals surface area contributed by atoms with E-state index < -0.39 is 0 Å². The van der Waals surface area contributed by atoms with E-state index in [1.807, 2.05) is 45.0 Å². The molecule has 1 aromatic rings. The summed E-state index contributed by atoms with van der Waals surface area (Å²) in [6.45, 7) is 9.90. The van der Waals surface area contributed by atoms with Gasteiger partial charge < -0.3 is 10.1 Å². The molecule has 0 fully saturated rings. The molecule has 0 radical (unpaired) electrons. The summed E-state index contributed by atoms with van der Waals surface area (Å²) in [6, 6.07) is 7.95. The first kappa shape index (κ1) is 13.9. The predicted molar refractivity (Wildman–Crippen MR) is 76.1 cm³/mol. The summed E-state index contributed by atoms with van der Waals surface area (Å²) in [5, 5.41) is 3.15. The van der Waals surface area contributed by atoms with E-state index in [4.69, 9.17) is 4.74 Å². The van der Waals surface area contributed by atoms with Gasteiger partial charge in [0.1, 0.15) is 11.4 Å². The van der Waals surface area contributed by atoms with E-state index in [1.54, 1.807) is 0 Å². The fraction of sp³-hybridized carbons (Fsp3) is 0.562. The average molecular weight is 261 g/mol. The van der Waals surface area contributed by atoms with Gasteiger partial charge in [0.25, 0.3) is 0 Å². The molecule has 1 amide bonds. The Morgan fingerprint density at radius 3 is 2.58 bits per heavy atom. The molecule has 0 saturated carbocycles. The molecule has 104 valence electrons. The Labute approximate surface area is 115 Å². The van der Waals surface area contributed by atoms with Gasteiger partial charge in [-0.3, -0.25) is 4.79 Å². The molecule has 0 unspecified atom stereocenters. The molecule has 2 rings (SSSR count). The van der Waals surface area contributed by atoms with Gasteiger partial charge in [-0.15, -0.1) is 0 Å². The molecule has 3 heteroatoms. The lowest BCUT2D eigenvalue weighted by Crippen LogP contribution is -2.44. The lowest BCUT2D eigenvalue weighted by atomic mass is 9.88. The number of fused-ring (bicyclic) bond motifs is 1. The third-order valence-corrected chi connectivity index (χ3v) is 3.36. The number of amides is 1. The first-order valence-electron chi connectivity index (χ1n) is 6.78. The second kappa shape index (κ2) is 4.55. The SMILES string of the molecule is CC1(C)C[C@@H](NC(=O)C(C)(C)C)c2ccccc2O1. The van der Waals surface area contributed by atoms with Crippen LogP contribution in [0.15, 0.2) is 24.3 Å². The molecule has 19 heavy (non-hydrogen) atoms. The van der Waals surface area contributed by atoms with Crippen LogP contribution in [0.2, 0.25) is 0 Å². The summed E-state index contributed by atoms with van der Waals surface area (Å²) >= 11 is 0. The monoisotopic (exact) mass is 261 g/mol. The van der Waals surface area contributed by atoms with Gasteiger partial charge in [0, 0.05) is 17.4 Å². The highest BCUT2D eigenvalue weighted by atomic mass is 16.5. The summed E-state index contributed by atoms with van der Waals surface area (Å²) in [5.41, 5.74) is 0.432. The quantitative estimate of drug-likeness (QED) is 0.841. The smallest absolute Gasteiger partial charge is 0.225 e. The molecule has 0 saturated heterocycles.